The number of nitrogens with one attached hydrogen (secondary N) is 1. The number of hydrogen-bond donors (Lipinski definition) is 1. The van der Waals surface area contributed by atoms with Crippen LogP contribution in [-0.4, -0.2) is 27.2 Å². The van der Waals surface area contributed by atoms with Gasteiger partial charge in [-0.2, -0.15) is 0 Å². The topological polar surface area (TPSA) is 56.8 Å². The summed E-state index contributed by atoms with van der Waals surface area (Å²) in [4.78, 5) is 12.4. The van der Waals surface area contributed by atoms with Crippen molar-refractivity contribution in [3.05, 3.63) is 45.9 Å². The van der Waals surface area contributed by atoms with Gasteiger partial charge < -0.3 is 19.5 Å². The van der Waals surface area contributed by atoms with Crippen molar-refractivity contribution in [3.8, 4) is 17.2 Å². The number of rotatable bonds is 5. The van der Waals surface area contributed by atoms with Gasteiger partial charge in [-0.25, -0.2) is 0 Å². The molecule has 0 aliphatic carbocycles. The van der Waals surface area contributed by atoms with E-state index in [0.717, 1.165) is 0 Å². The first-order chi connectivity index (χ1) is 11.0. The van der Waals surface area contributed by atoms with E-state index in [1.807, 2.05) is 0 Å². The maximum Gasteiger partial charge on any atom is 0.257 e. The molecule has 0 saturated heterocycles. The molecule has 0 atom stereocenters. The van der Waals surface area contributed by atoms with Gasteiger partial charge in [0.05, 0.1) is 36.9 Å². The van der Waals surface area contributed by atoms with E-state index in [9.17, 15) is 4.79 Å². The van der Waals surface area contributed by atoms with E-state index in [1.165, 1.54) is 21.3 Å². The molecule has 7 heteroatoms. The summed E-state index contributed by atoms with van der Waals surface area (Å²) in [6, 6.07) is 8.09. The van der Waals surface area contributed by atoms with E-state index in [2.05, 4.69) is 5.32 Å². The van der Waals surface area contributed by atoms with Crippen LogP contribution in [0.2, 0.25) is 10.0 Å². The van der Waals surface area contributed by atoms with Crippen LogP contribution in [0.25, 0.3) is 0 Å². The predicted molar refractivity (Wildman–Crippen MR) is 90.5 cm³/mol. The van der Waals surface area contributed by atoms with Crippen molar-refractivity contribution in [2.75, 3.05) is 26.6 Å². The summed E-state index contributed by atoms with van der Waals surface area (Å²) in [5, 5.41) is 3.23. The molecule has 0 saturated carbocycles. The third kappa shape index (κ3) is 3.63. The molecule has 0 aliphatic heterocycles. The van der Waals surface area contributed by atoms with E-state index in [4.69, 9.17) is 37.4 Å². The van der Waals surface area contributed by atoms with Gasteiger partial charge in [0.1, 0.15) is 0 Å². The van der Waals surface area contributed by atoms with Crippen molar-refractivity contribution >= 4 is 34.8 Å². The van der Waals surface area contributed by atoms with Gasteiger partial charge in [-0.1, -0.05) is 29.3 Å². The number of hydrogen-bond acceptors (Lipinski definition) is 4. The van der Waals surface area contributed by atoms with Crippen LogP contribution in [0.1, 0.15) is 10.4 Å². The van der Waals surface area contributed by atoms with Gasteiger partial charge >= 0.3 is 0 Å². The average Bonchev–Trinajstić information content (AvgIpc) is 2.56. The number of anilines is 1. The number of ether oxygens (including phenoxy) is 3. The van der Waals surface area contributed by atoms with Gasteiger partial charge in [-0.05, 0) is 12.1 Å². The van der Waals surface area contributed by atoms with Crippen LogP contribution in [-0.2, 0) is 0 Å². The summed E-state index contributed by atoms with van der Waals surface area (Å²) in [7, 11) is 4.50. The minimum atomic E-state index is -0.397. The Morgan fingerprint density at radius 3 is 2.13 bits per heavy atom. The summed E-state index contributed by atoms with van der Waals surface area (Å²) >= 11 is 12.0. The van der Waals surface area contributed by atoms with Gasteiger partial charge in [-0.3, -0.25) is 4.79 Å². The molecule has 0 spiro atoms. The molecule has 0 fully saturated rings. The fraction of sp³-hybridized carbons (Fsp3) is 0.188. The Balaban J connectivity index is 2.36. The lowest BCUT2D eigenvalue weighted by molar-refractivity contribution is 0.102. The third-order valence-corrected chi connectivity index (χ3v) is 3.94. The maximum absolute atomic E-state index is 12.4. The highest BCUT2D eigenvalue weighted by atomic mass is 35.5. The predicted octanol–water partition coefficient (Wildman–Crippen LogP) is 4.27. The van der Waals surface area contributed by atoms with Crippen molar-refractivity contribution in [3.63, 3.8) is 0 Å². The molecule has 0 unspecified atom stereocenters. The van der Waals surface area contributed by atoms with Crippen LogP contribution >= 0.6 is 23.2 Å². The molecule has 5 nitrogen and oxygen atoms in total. The van der Waals surface area contributed by atoms with Crippen LogP contribution in [0.4, 0.5) is 5.69 Å². The summed E-state index contributed by atoms with van der Waals surface area (Å²) in [6.45, 7) is 0. The quantitative estimate of drug-likeness (QED) is 0.869. The smallest absolute Gasteiger partial charge is 0.257 e. The number of carbonyl (C=O) groups excluding carboxylic acids is 1. The largest absolute Gasteiger partial charge is 0.493 e. The lowest BCUT2D eigenvalue weighted by atomic mass is 10.2. The summed E-state index contributed by atoms with van der Waals surface area (Å²) < 4.78 is 15.7. The highest BCUT2D eigenvalue weighted by Gasteiger charge is 2.17. The van der Waals surface area contributed by atoms with Crippen molar-refractivity contribution in [2.24, 2.45) is 0 Å². The zero-order chi connectivity index (χ0) is 17.0. The zero-order valence-electron chi connectivity index (χ0n) is 12.8. The monoisotopic (exact) mass is 355 g/mol. The molecular weight excluding hydrogens is 341 g/mol. The lowest BCUT2D eigenvalue weighted by Crippen LogP contribution is -2.13. The maximum atomic E-state index is 12.4. The third-order valence-electron chi connectivity index (χ3n) is 3.12. The van der Waals surface area contributed by atoms with Crippen molar-refractivity contribution in [1.29, 1.82) is 0 Å². The highest BCUT2D eigenvalue weighted by molar-refractivity contribution is 6.44. The first-order valence-electron chi connectivity index (χ1n) is 6.57. The minimum Gasteiger partial charge on any atom is -0.493 e. The zero-order valence-corrected chi connectivity index (χ0v) is 14.3. The Morgan fingerprint density at radius 2 is 1.61 bits per heavy atom. The second kappa shape index (κ2) is 7.44. The molecular formula is C16H15Cl2NO4. The second-order valence-corrected chi connectivity index (χ2v) is 5.25. The molecule has 23 heavy (non-hydrogen) atoms. The standard InChI is InChI=1S/C16H15Cl2NO4/c1-21-12-7-9(8-13(22-2)15(12)23-3)19-16(20)10-5-4-6-11(17)14(10)18/h4-8H,1-3H3,(H,19,20). The van der Waals surface area contributed by atoms with Crippen molar-refractivity contribution in [2.45, 2.75) is 0 Å². The van der Waals surface area contributed by atoms with E-state index in [-0.39, 0.29) is 10.6 Å². The molecule has 122 valence electrons. The van der Waals surface area contributed by atoms with Gasteiger partial charge in [0.2, 0.25) is 5.75 Å². The first kappa shape index (κ1) is 17.2. The van der Waals surface area contributed by atoms with Crippen LogP contribution in [0.5, 0.6) is 17.2 Å². The Labute approximate surface area is 144 Å². The van der Waals surface area contributed by atoms with Crippen molar-refractivity contribution in [1.82, 2.24) is 0 Å². The van der Waals surface area contributed by atoms with Gasteiger partial charge in [0.25, 0.3) is 5.91 Å². The number of halogens is 2. The van der Waals surface area contributed by atoms with E-state index in [1.54, 1.807) is 30.3 Å². The Morgan fingerprint density at radius 1 is 1.00 bits per heavy atom. The van der Waals surface area contributed by atoms with Gasteiger partial charge in [0, 0.05) is 17.8 Å². The van der Waals surface area contributed by atoms with Crippen LogP contribution in [0, 0.1) is 0 Å². The number of amides is 1. The van der Waals surface area contributed by atoms with E-state index in [0.29, 0.717) is 28.0 Å². The van der Waals surface area contributed by atoms with Crippen LogP contribution in [0.15, 0.2) is 30.3 Å². The summed E-state index contributed by atoms with van der Waals surface area (Å²) in [5.41, 5.74) is 0.744. The summed E-state index contributed by atoms with van der Waals surface area (Å²) in [6.07, 6.45) is 0. The molecule has 0 aliphatic rings. The lowest BCUT2D eigenvalue weighted by Gasteiger charge is -2.15. The Kier molecular flexibility index (Phi) is 5.58. The van der Waals surface area contributed by atoms with Crippen LogP contribution in [0.3, 0.4) is 0 Å². The minimum absolute atomic E-state index is 0.194. The molecule has 1 N–H and O–H groups in total. The molecule has 0 bridgehead atoms. The normalized spacial score (nSPS) is 10.1. The molecule has 2 aromatic rings. The molecule has 0 heterocycles. The van der Waals surface area contributed by atoms with Crippen molar-refractivity contribution < 1.29 is 19.0 Å². The second-order valence-electron chi connectivity index (χ2n) is 4.47. The number of benzene rings is 2. The van der Waals surface area contributed by atoms with Gasteiger partial charge in [-0.15, -0.1) is 0 Å². The highest BCUT2D eigenvalue weighted by Crippen LogP contribution is 2.40. The number of methoxy groups -OCH3 is 3. The summed E-state index contributed by atoms with van der Waals surface area (Å²) in [5.74, 6) is 0.902. The van der Waals surface area contributed by atoms with E-state index >= 15 is 0 Å². The molecule has 0 radical (unpaired) electrons. The molecule has 1 amide bonds. The Bertz CT molecular complexity index is 709. The number of carbonyl (C=O) groups is 1. The molecule has 2 rings (SSSR count). The fourth-order valence-electron chi connectivity index (χ4n) is 2.03. The van der Waals surface area contributed by atoms with E-state index < -0.39 is 5.91 Å². The van der Waals surface area contributed by atoms with Gasteiger partial charge in [0.15, 0.2) is 11.5 Å². The fourth-order valence-corrected chi connectivity index (χ4v) is 2.42. The SMILES string of the molecule is COc1cc(NC(=O)c2cccc(Cl)c2Cl)cc(OC)c1OC. The first-order valence-corrected chi connectivity index (χ1v) is 7.32. The Hall–Kier alpha value is -2.11. The average molecular weight is 356 g/mol. The molecule has 0 aromatic heterocycles. The van der Waals surface area contributed by atoms with Crippen LogP contribution < -0.4 is 19.5 Å². The molecule has 2 aromatic carbocycles.